The van der Waals surface area contributed by atoms with Crippen LogP contribution in [0, 0.1) is 0 Å². The molecule has 0 unspecified atom stereocenters. The Bertz CT molecular complexity index is 502. The summed E-state index contributed by atoms with van der Waals surface area (Å²) in [6.07, 6.45) is 0. The largest absolute Gasteiger partial charge is 0.746 e. The fraction of sp³-hybridized carbons (Fsp3) is 0.375. The second-order valence-corrected chi connectivity index (χ2v) is 16.4. The molecule has 2 aromatic rings. The van der Waals surface area contributed by atoms with Crippen molar-refractivity contribution in [1.82, 2.24) is 0 Å². The Morgan fingerprint density at radius 2 is 1.38 bits per heavy atom. The molecule has 0 amide bonds. The van der Waals surface area contributed by atoms with Gasteiger partial charge in [0.2, 0.25) is 0 Å². The molecule has 0 atom stereocenters. The second-order valence-electron chi connectivity index (χ2n) is 6.82. The van der Waals surface area contributed by atoms with E-state index in [0.717, 1.165) is 5.69 Å². The smallest absolute Gasteiger partial charge is 0.130 e. The van der Waals surface area contributed by atoms with Gasteiger partial charge >= 0.3 is 0 Å². The van der Waals surface area contributed by atoms with Gasteiger partial charge in [0.25, 0.3) is 0 Å². The van der Waals surface area contributed by atoms with Gasteiger partial charge in [0.15, 0.2) is 0 Å². The van der Waals surface area contributed by atoms with Crippen molar-refractivity contribution in [3.05, 3.63) is 48.5 Å². The normalized spacial score (nSPS) is 18.6. The zero-order valence-electron chi connectivity index (χ0n) is 13.4. The first-order valence-electron chi connectivity index (χ1n) is 7.32. The minimum atomic E-state index is -1.11. The maximum absolute atomic E-state index is 5.28. The van der Waals surface area contributed by atoms with E-state index in [-0.39, 0.29) is 17.1 Å². The van der Waals surface area contributed by atoms with E-state index in [1.165, 1.54) is 17.8 Å². The molecule has 0 saturated carbocycles. The Labute approximate surface area is 141 Å². The van der Waals surface area contributed by atoms with Crippen molar-refractivity contribution in [1.29, 1.82) is 0 Å². The molecule has 1 saturated heterocycles. The van der Waals surface area contributed by atoms with Crippen LogP contribution in [0.15, 0.2) is 48.5 Å². The van der Waals surface area contributed by atoms with Crippen LogP contribution in [0.1, 0.15) is 0 Å². The topological polar surface area (TPSA) is 29.3 Å². The zero-order chi connectivity index (χ0) is 14.8. The molecular formula is C16H26FeN2Si2-6. The Morgan fingerprint density at radius 3 is 1.71 bits per heavy atom. The van der Waals surface area contributed by atoms with Crippen molar-refractivity contribution in [3.8, 4) is 0 Å². The quantitative estimate of drug-likeness (QED) is 0.595. The summed E-state index contributed by atoms with van der Waals surface area (Å²) < 4.78 is 2.85. The Hall–Kier alpha value is -0.747. The first-order valence-corrected chi connectivity index (χ1v) is 13.6. The number of nitrogen functional groups attached to an aromatic ring is 1. The molecule has 1 aliphatic heterocycles. The Kier molecular flexibility index (Phi) is 6.11. The van der Waals surface area contributed by atoms with Crippen LogP contribution in [0.5, 0.6) is 0 Å². The number of hydrogen-bond donors (Lipinski definition) is 1. The summed E-state index contributed by atoms with van der Waals surface area (Å²) in [5, 5.41) is 0. The van der Waals surface area contributed by atoms with E-state index in [1.807, 2.05) is 24.3 Å². The number of nitrogens with zero attached hydrogens (tertiary/aromatic N) is 1. The molecule has 0 aromatic heterocycles. The van der Waals surface area contributed by atoms with Gasteiger partial charge in [-0.2, -0.15) is 12.1 Å². The summed E-state index contributed by atoms with van der Waals surface area (Å²) in [6.45, 7) is 10.1. The van der Waals surface area contributed by atoms with Gasteiger partial charge in [0.05, 0.1) is 0 Å². The number of nitrogens with two attached hydrogens (primary N) is 1. The van der Waals surface area contributed by atoms with Gasteiger partial charge in [-0.05, 0) is 12.1 Å². The Morgan fingerprint density at radius 1 is 0.952 bits per heavy atom. The molecule has 122 valence electrons. The second kappa shape index (κ2) is 7.01. The van der Waals surface area contributed by atoms with Crippen molar-refractivity contribution in [2.75, 3.05) is 9.96 Å². The van der Waals surface area contributed by atoms with Crippen LogP contribution >= 0.6 is 0 Å². The van der Waals surface area contributed by atoms with E-state index in [9.17, 15) is 0 Å². The van der Waals surface area contributed by atoms with Crippen molar-refractivity contribution in [2.24, 2.45) is 0 Å². The predicted molar refractivity (Wildman–Crippen MR) is 95.5 cm³/mol. The van der Waals surface area contributed by atoms with Crippen molar-refractivity contribution in [3.63, 3.8) is 0 Å². The molecule has 21 heavy (non-hydrogen) atoms. The van der Waals surface area contributed by atoms with Crippen LogP contribution in [0.25, 0.3) is 0 Å². The van der Waals surface area contributed by atoms with Crippen LogP contribution in [0.4, 0.5) is 11.4 Å². The molecule has 2 nitrogen and oxygen atoms in total. The molecule has 1 aliphatic rings. The minimum absolute atomic E-state index is 0. The molecule has 0 bridgehead atoms. The summed E-state index contributed by atoms with van der Waals surface area (Å²) in [5.74, 6) is 0. The average molecular weight is 358 g/mol. The van der Waals surface area contributed by atoms with Crippen LogP contribution in [-0.4, -0.2) is 16.5 Å². The Balaban J connectivity index is 0.000000267. The van der Waals surface area contributed by atoms with E-state index in [4.69, 9.17) is 5.73 Å². The molecule has 3 rings (SSSR count). The first-order chi connectivity index (χ1) is 9.33. The third kappa shape index (κ3) is 4.36. The average Bonchev–Trinajstić information content (AvgIpc) is 3.03. The molecule has 1 heterocycles. The minimum Gasteiger partial charge on any atom is -0.746 e. The summed E-state index contributed by atoms with van der Waals surface area (Å²) in [5.41, 5.74) is 7.62. The van der Waals surface area contributed by atoms with Gasteiger partial charge in [-0.25, -0.2) is 12.1 Å². The summed E-state index contributed by atoms with van der Waals surface area (Å²) >= 11 is 0. The van der Waals surface area contributed by atoms with Crippen molar-refractivity contribution in [2.45, 2.75) is 38.3 Å². The van der Waals surface area contributed by atoms with Gasteiger partial charge < -0.3 is 39.9 Å². The third-order valence-corrected chi connectivity index (χ3v) is 14.2. The fourth-order valence-corrected chi connectivity index (χ4v) is 17.5. The first kappa shape index (κ1) is 18.3. The monoisotopic (exact) mass is 358 g/mol. The molecule has 0 spiro atoms. The molecule has 5 heteroatoms. The summed E-state index contributed by atoms with van der Waals surface area (Å²) in [7, 11) is -2.23. The maximum Gasteiger partial charge on any atom is 0.130 e. The standard InChI is InChI=1S/C11H20NSi2.C5H6N.Fe/c1-13(2)9-10-14(3,4)12(13)11-7-5-6-8-11;6-5-3-1-2-4-5;/h5-8H,9-10H2,1-4H3;1-4H,6H2;/q-1;-5;. The van der Waals surface area contributed by atoms with E-state index in [1.54, 1.807) is 0 Å². The van der Waals surface area contributed by atoms with Crippen LogP contribution < -0.4 is 9.96 Å². The van der Waals surface area contributed by atoms with Crippen LogP contribution in [0.3, 0.4) is 0 Å². The zero-order valence-corrected chi connectivity index (χ0v) is 16.5. The molecule has 2 aromatic carbocycles. The van der Waals surface area contributed by atoms with Crippen LogP contribution in [0.2, 0.25) is 38.3 Å². The summed E-state index contributed by atoms with van der Waals surface area (Å²) in [4.78, 5) is 0. The van der Waals surface area contributed by atoms with E-state index < -0.39 is 16.5 Å². The number of rotatable bonds is 1. The number of anilines is 2. The van der Waals surface area contributed by atoms with E-state index in [0.29, 0.717) is 0 Å². The van der Waals surface area contributed by atoms with E-state index in [2.05, 4.69) is 54.7 Å². The van der Waals surface area contributed by atoms with Gasteiger partial charge in [-0.3, -0.25) is 0 Å². The molecule has 0 radical (unpaired) electrons. The van der Waals surface area contributed by atoms with Crippen molar-refractivity contribution < 1.29 is 17.1 Å². The molecule has 2 N–H and O–H groups in total. The van der Waals surface area contributed by atoms with Gasteiger partial charge in [-0.1, -0.05) is 31.9 Å². The molecule has 0 aliphatic carbocycles. The third-order valence-electron chi connectivity index (χ3n) is 4.15. The molecular weight excluding hydrogens is 332 g/mol. The summed E-state index contributed by atoms with van der Waals surface area (Å²) in [6, 6.07) is 19.4. The number of hydrogen-bond acceptors (Lipinski definition) is 2. The predicted octanol–water partition coefficient (Wildman–Crippen LogP) is 4.62. The van der Waals surface area contributed by atoms with Gasteiger partial charge in [-0.15, -0.1) is 0 Å². The van der Waals surface area contributed by atoms with Crippen LogP contribution in [-0.2, 0) is 17.1 Å². The maximum atomic E-state index is 5.28. The van der Waals surface area contributed by atoms with Gasteiger partial charge in [0, 0.05) is 17.1 Å². The van der Waals surface area contributed by atoms with Crippen molar-refractivity contribution >= 4 is 27.8 Å². The van der Waals surface area contributed by atoms with E-state index >= 15 is 0 Å². The molecule has 1 fully saturated rings. The fourth-order valence-electron chi connectivity index (χ4n) is 3.26. The van der Waals surface area contributed by atoms with Gasteiger partial charge in [0.1, 0.15) is 16.5 Å². The SMILES string of the molecule is C[Si]1(C)CC[Si](C)(C)N1[c-]1cccc1.N[c-]1[cH-][cH-][cH-][cH-]1.[Fe].